The molecule has 27 heavy (non-hydrogen) atoms. The highest BCUT2D eigenvalue weighted by Gasteiger charge is 2.35. The lowest BCUT2D eigenvalue weighted by molar-refractivity contribution is 0.101. The highest BCUT2D eigenvalue weighted by molar-refractivity contribution is 7.91. The summed E-state index contributed by atoms with van der Waals surface area (Å²) in [6.07, 6.45) is 1.56. The van der Waals surface area contributed by atoms with E-state index in [-0.39, 0.29) is 23.1 Å². The number of hydrogen-bond donors (Lipinski definition) is 1. The number of hydrogen-bond acceptors (Lipinski definition) is 6. The molecule has 0 saturated heterocycles. The van der Waals surface area contributed by atoms with Crippen molar-refractivity contribution in [3.63, 3.8) is 0 Å². The van der Waals surface area contributed by atoms with Gasteiger partial charge in [-0.15, -0.1) is 0 Å². The zero-order chi connectivity index (χ0) is 19.0. The van der Waals surface area contributed by atoms with E-state index in [2.05, 4.69) is 15.3 Å². The molecule has 1 aromatic carbocycles. The summed E-state index contributed by atoms with van der Waals surface area (Å²) < 4.78 is 31.2. The Labute approximate surface area is 155 Å². The van der Waals surface area contributed by atoms with Gasteiger partial charge in [-0.2, -0.15) is 0 Å². The lowest BCUT2D eigenvalue weighted by atomic mass is 10.1. The zero-order valence-corrected chi connectivity index (χ0v) is 15.2. The van der Waals surface area contributed by atoms with Gasteiger partial charge in [-0.1, -0.05) is 6.07 Å². The fourth-order valence-electron chi connectivity index (χ4n) is 2.97. The van der Waals surface area contributed by atoms with E-state index in [1.807, 2.05) is 0 Å². The number of pyridine rings is 1. The van der Waals surface area contributed by atoms with Gasteiger partial charge in [0.05, 0.1) is 12.9 Å². The number of anilines is 1. The van der Waals surface area contributed by atoms with Crippen LogP contribution in [0.3, 0.4) is 0 Å². The second kappa shape index (κ2) is 6.51. The van der Waals surface area contributed by atoms with Crippen molar-refractivity contribution in [2.45, 2.75) is 11.7 Å². The fraction of sp³-hybridized carbons (Fsp3) is 0.167. The molecule has 0 spiro atoms. The normalized spacial score (nSPS) is 14.6. The highest BCUT2D eigenvalue weighted by atomic mass is 32.2. The molecule has 0 aliphatic carbocycles. The van der Waals surface area contributed by atoms with Crippen molar-refractivity contribution in [2.75, 3.05) is 18.2 Å². The molecule has 0 bridgehead atoms. The summed E-state index contributed by atoms with van der Waals surface area (Å²) in [7, 11) is -1.95. The van der Waals surface area contributed by atoms with Crippen LogP contribution in [-0.2, 0) is 16.4 Å². The van der Waals surface area contributed by atoms with Crippen molar-refractivity contribution in [1.82, 2.24) is 14.5 Å². The maximum Gasteiger partial charge on any atom is 0.275 e. The second-order valence-corrected chi connectivity index (χ2v) is 7.96. The summed E-state index contributed by atoms with van der Waals surface area (Å²) in [6.45, 7) is 0.186. The average Bonchev–Trinajstić information content (AvgIpc) is 3.20. The lowest BCUT2D eigenvalue weighted by Crippen LogP contribution is -2.18. The second-order valence-electron chi connectivity index (χ2n) is 5.96. The number of methoxy groups -OCH3 is 1. The minimum Gasteiger partial charge on any atom is -0.497 e. The van der Waals surface area contributed by atoms with Crippen LogP contribution in [-0.4, -0.2) is 41.7 Å². The molecule has 2 aromatic heterocycles. The van der Waals surface area contributed by atoms with E-state index >= 15 is 0 Å². The summed E-state index contributed by atoms with van der Waals surface area (Å²) in [4.78, 5) is 21.3. The number of aromatic nitrogens is 3. The number of carbonyl (C=O) groups is 1. The predicted octanol–water partition coefficient (Wildman–Crippen LogP) is 1.99. The SMILES string of the molecule is COc1ccc(-c2nc3n(c2C(=O)Nc2ccccn2)CCS3(=O)=O)cc1. The van der Waals surface area contributed by atoms with Crippen LogP contribution in [0.1, 0.15) is 10.5 Å². The molecule has 138 valence electrons. The van der Waals surface area contributed by atoms with Crippen LogP contribution < -0.4 is 10.1 Å². The van der Waals surface area contributed by atoms with Gasteiger partial charge in [0.15, 0.2) is 0 Å². The lowest BCUT2D eigenvalue weighted by Gasteiger charge is -2.08. The molecule has 0 saturated carbocycles. The number of fused-ring (bicyclic) bond motifs is 1. The van der Waals surface area contributed by atoms with Crippen molar-refractivity contribution in [2.24, 2.45) is 0 Å². The van der Waals surface area contributed by atoms with E-state index in [1.54, 1.807) is 55.8 Å². The molecule has 9 heteroatoms. The first-order chi connectivity index (χ1) is 13.0. The summed E-state index contributed by atoms with van der Waals surface area (Å²) in [5, 5.41) is 2.62. The van der Waals surface area contributed by atoms with Gasteiger partial charge in [-0.25, -0.2) is 18.4 Å². The summed E-state index contributed by atoms with van der Waals surface area (Å²) in [6, 6.07) is 12.1. The Balaban J connectivity index is 1.82. The van der Waals surface area contributed by atoms with E-state index in [9.17, 15) is 13.2 Å². The van der Waals surface area contributed by atoms with Gasteiger partial charge in [0, 0.05) is 18.3 Å². The average molecular weight is 384 g/mol. The van der Waals surface area contributed by atoms with E-state index in [1.165, 1.54) is 4.57 Å². The molecule has 1 aliphatic heterocycles. The highest BCUT2D eigenvalue weighted by Crippen LogP contribution is 2.31. The largest absolute Gasteiger partial charge is 0.497 e. The first kappa shape index (κ1) is 17.2. The number of nitrogens with one attached hydrogen (secondary N) is 1. The Bertz CT molecular complexity index is 1110. The maximum absolute atomic E-state index is 12.9. The number of sulfone groups is 1. The Hall–Kier alpha value is -3.20. The minimum atomic E-state index is -3.50. The molecule has 0 radical (unpaired) electrons. The molecule has 1 amide bonds. The summed E-state index contributed by atoms with van der Waals surface area (Å²) >= 11 is 0. The third-order valence-corrected chi connectivity index (χ3v) is 5.87. The molecule has 0 unspecified atom stereocenters. The number of benzene rings is 1. The fourth-order valence-corrected chi connectivity index (χ4v) is 4.33. The molecular weight excluding hydrogens is 368 g/mol. The van der Waals surface area contributed by atoms with Gasteiger partial charge in [0.2, 0.25) is 15.0 Å². The standard InChI is InChI=1S/C18H16N4O4S/c1-26-13-7-5-12(6-8-13)15-16(17(23)20-14-4-2-3-9-19-14)22-10-11-27(24,25)18(22)21-15/h2-9H,10-11H2,1H3,(H,19,20,23). The Morgan fingerprint density at radius 2 is 1.96 bits per heavy atom. The van der Waals surface area contributed by atoms with Crippen molar-refractivity contribution in [1.29, 1.82) is 0 Å². The van der Waals surface area contributed by atoms with Crippen molar-refractivity contribution >= 4 is 21.6 Å². The first-order valence-corrected chi connectivity index (χ1v) is 9.85. The van der Waals surface area contributed by atoms with Crippen LogP contribution >= 0.6 is 0 Å². The smallest absolute Gasteiger partial charge is 0.275 e. The van der Waals surface area contributed by atoms with Crippen LogP contribution in [0.2, 0.25) is 0 Å². The minimum absolute atomic E-state index is 0.0674. The molecule has 8 nitrogen and oxygen atoms in total. The van der Waals surface area contributed by atoms with E-state index < -0.39 is 15.7 Å². The monoisotopic (exact) mass is 384 g/mol. The van der Waals surface area contributed by atoms with Gasteiger partial charge in [0.25, 0.3) is 5.91 Å². The van der Waals surface area contributed by atoms with Gasteiger partial charge in [-0.3, -0.25) is 4.79 Å². The molecule has 3 aromatic rings. The maximum atomic E-state index is 12.9. The topological polar surface area (TPSA) is 103 Å². The van der Waals surface area contributed by atoms with Crippen LogP contribution in [0, 0.1) is 0 Å². The summed E-state index contributed by atoms with van der Waals surface area (Å²) in [5.41, 5.74) is 1.13. The molecule has 1 aliphatic rings. The number of rotatable bonds is 4. The van der Waals surface area contributed by atoms with Gasteiger partial charge < -0.3 is 14.6 Å². The van der Waals surface area contributed by atoms with Crippen LogP contribution in [0.15, 0.2) is 53.8 Å². The van der Waals surface area contributed by atoms with Gasteiger partial charge >= 0.3 is 0 Å². The van der Waals surface area contributed by atoms with E-state index in [4.69, 9.17) is 4.74 Å². The van der Waals surface area contributed by atoms with Crippen molar-refractivity contribution < 1.29 is 17.9 Å². The number of nitrogens with zero attached hydrogens (tertiary/aromatic N) is 3. The van der Waals surface area contributed by atoms with E-state index in [0.29, 0.717) is 22.8 Å². The molecule has 0 atom stereocenters. The third kappa shape index (κ3) is 3.06. The van der Waals surface area contributed by atoms with Crippen LogP contribution in [0.5, 0.6) is 5.75 Å². The van der Waals surface area contributed by atoms with Gasteiger partial charge in [0.1, 0.15) is 23.0 Å². The van der Waals surface area contributed by atoms with Crippen molar-refractivity contribution in [3.8, 4) is 17.0 Å². The van der Waals surface area contributed by atoms with Crippen LogP contribution in [0.4, 0.5) is 5.82 Å². The first-order valence-electron chi connectivity index (χ1n) is 8.20. The number of amides is 1. The van der Waals surface area contributed by atoms with Crippen molar-refractivity contribution in [3.05, 3.63) is 54.4 Å². The predicted molar refractivity (Wildman–Crippen MR) is 98.5 cm³/mol. The number of imidazole rings is 1. The van der Waals surface area contributed by atoms with E-state index in [0.717, 1.165) is 0 Å². The quantitative estimate of drug-likeness (QED) is 0.738. The van der Waals surface area contributed by atoms with Gasteiger partial charge in [-0.05, 0) is 36.4 Å². The number of carbonyl (C=O) groups excluding carboxylic acids is 1. The Kier molecular flexibility index (Phi) is 4.15. The molecule has 3 heterocycles. The Morgan fingerprint density at radius 3 is 2.63 bits per heavy atom. The molecule has 1 N–H and O–H groups in total. The van der Waals surface area contributed by atoms with Crippen LogP contribution in [0.25, 0.3) is 11.3 Å². The zero-order valence-electron chi connectivity index (χ0n) is 14.4. The Morgan fingerprint density at radius 1 is 1.19 bits per heavy atom. The molecule has 4 rings (SSSR count). The number of ether oxygens (including phenoxy) is 1. The molecular formula is C18H16N4O4S. The summed E-state index contributed by atoms with van der Waals surface area (Å²) in [5.74, 6) is 0.495. The molecule has 0 fully saturated rings. The third-order valence-electron chi connectivity index (χ3n) is 4.28.